The summed E-state index contributed by atoms with van der Waals surface area (Å²) >= 11 is 0. The average molecular weight is 480 g/mol. The summed E-state index contributed by atoms with van der Waals surface area (Å²) in [4.78, 5) is 42.3. The molecule has 4 aliphatic heterocycles. The highest BCUT2D eigenvalue weighted by Crippen LogP contribution is 2.25. The largest absolute Gasteiger partial charge is 0.450 e. The summed E-state index contributed by atoms with van der Waals surface area (Å²) in [7, 11) is 0. The molecule has 1 aromatic rings. The van der Waals surface area contributed by atoms with Gasteiger partial charge in [0.15, 0.2) is 0 Å². The lowest BCUT2D eigenvalue weighted by Crippen LogP contribution is -2.50. The van der Waals surface area contributed by atoms with Crippen molar-refractivity contribution < 1.29 is 19.1 Å². The summed E-state index contributed by atoms with van der Waals surface area (Å²) in [6, 6.07) is 9.17. The molecule has 4 aliphatic rings. The van der Waals surface area contributed by atoms with Gasteiger partial charge in [-0.05, 0) is 31.9 Å². The second kappa shape index (κ2) is 9.91. The second-order valence-corrected chi connectivity index (χ2v) is 8.80. The van der Waals surface area contributed by atoms with Crippen molar-refractivity contribution in [2.75, 3.05) is 39.4 Å². The lowest BCUT2D eigenvalue weighted by molar-refractivity contribution is 0.0569. The van der Waals surface area contributed by atoms with Gasteiger partial charge in [-0.25, -0.2) is 4.79 Å². The van der Waals surface area contributed by atoms with Crippen molar-refractivity contribution in [3.05, 3.63) is 58.6 Å². The Labute approximate surface area is 203 Å². The van der Waals surface area contributed by atoms with Gasteiger partial charge in [0.2, 0.25) is 0 Å². The number of para-hydroxylation sites is 1. The number of piperazine rings is 1. The Bertz CT molecular complexity index is 1220. The van der Waals surface area contributed by atoms with Gasteiger partial charge >= 0.3 is 6.09 Å². The van der Waals surface area contributed by atoms with Crippen LogP contribution < -0.4 is 5.56 Å². The molecular weight excluding hydrogens is 450 g/mol. The maximum absolute atomic E-state index is 13.7. The molecule has 0 aromatic heterocycles. The van der Waals surface area contributed by atoms with Gasteiger partial charge in [0.1, 0.15) is 5.69 Å². The molecule has 0 spiro atoms. The van der Waals surface area contributed by atoms with Gasteiger partial charge in [0, 0.05) is 51.7 Å². The lowest BCUT2D eigenvalue weighted by Gasteiger charge is -2.34. The number of nitrogens with zero attached hydrogens (tertiary/aromatic N) is 5. The minimum Gasteiger partial charge on any atom is -0.450 e. The first kappa shape index (κ1) is 23.1. The molecule has 0 unspecified atom stereocenters. The number of ether oxygens (including phenoxy) is 2. The third-order valence-corrected chi connectivity index (χ3v) is 6.49. The fourth-order valence-corrected chi connectivity index (χ4v) is 4.67. The quantitative estimate of drug-likeness (QED) is 0.557. The van der Waals surface area contributed by atoms with Crippen molar-refractivity contribution in [1.29, 1.82) is 0 Å². The first-order valence-corrected chi connectivity index (χ1v) is 12.1. The smallest absolute Gasteiger partial charge is 0.409 e. The summed E-state index contributed by atoms with van der Waals surface area (Å²) in [5.41, 5.74) is 1.51. The van der Waals surface area contributed by atoms with E-state index in [4.69, 9.17) is 9.47 Å². The van der Waals surface area contributed by atoms with Crippen molar-refractivity contribution in [3.8, 4) is 16.9 Å². The molecule has 4 heterocycles. The molecule has 0 aliphatic carbocycles. The van der Waals surface area contributed by atoms with Gasteiger partial charge in [-0.2, -0.15) is 9.78 Å². The van der Waals surface area contributed by atoms with Crippen molar-refractivity contribution >= 4 is 12.0 Å². The molecule has 0 radical (unpaired) electrons. The van der Waals surface area contributed by atoms with Crippen LogP contribution in [-0.2, 0) is 16.0 Å². The highest BCUT2D eigenvalue weighted by Gasteiger charge is 2.31. The Morgan fingerprint density at radius 2 is 1.83 bits per heavy atom. The third-order valence-electron chi connectivity index (χ3n) is 6.49. The van der Waals surface area contributed by atoms with Crippen LogP contribution in [-0.4, -0.2) is 81.6 Å². The molecule has 0 saturated carbocycles. The predicted molar refractivity (Wildman–Crippen MR) is 128 cm³/mol. The van der Waals surface area contributed by atoms with Crippen molar-refractivity contribution in [2.45, 2.75) is 32.4 Å². The first-order valence-electron chi connectivity index (χ1n) is 12.1. The van der Waals surface area contributed by atoms with E-state index in [1.54, 1.807) is 29.1 Å². The Kier molecular flexibility index (Phi) is 6.54. The monoisotopic (exact) mass is 479 g/mol. The fraction of sp³-hybridized carbons (Fsp3) is 0.440. The predicted octanol–water partition coefficient (Wildman–Crippen LogP) is 2.23. The third kappa shape index (κ3) is 4.66. The molecule has 0 bridgehead atoms. The van der Waals surface area contributed by atoms with Crippen LogP contribution in [0.15, 0.2) is 47.5 Å². The first-order chi connectivity index (χ1) is 17.0. The van der Waals surface area contributed by atoms with Crippen molar-refractivity contribution in [3.63, 3.8) is 0 Å². The Morgan fingerprint density at radius 1 is 1.09 bits per heavy atom. The van der Waals surface area contributed by atoms with Crippen LogP contribution in [0.3, 0.4) is 0 Å². The topological polar surface area (TPSA) is 98.9 Å². The number of carbonyl (C=O) groups excluding carboxylic acids is 2. The number of benzene rings is 1. The van der Waals surface area contributed by atoms with E-state index in [0.717, 1.165) is 19.4 Å². The van der Waals surface area contributed by atoms with E-state index in [0.29, 0.717) is 61.8 Å². The van der Waals surface area contributed by atoms with E-state index < -0.39 is 0 Å². The zero-order chi connectivity index (χ0) is 24.4. The molecule has 5 rings (SSSR count). The average Bonchev–Trinajstić information content (AvgIpc) is 3.52. The SMILES string of the molecule is CCOC(=O)N1CCN(C(=O)c2cn(C[C@@H]3CCCO3)cc3c(=O)n(-c4ccccc4)nc2-3)CC1. The molecule has 2 saturated heterocycles. The van der Waals surface area contributed by atoms with E-state index in [-0.39, 0.29) is 23.7 Å². The molecule has 2 amide bonds. The van der Waals surface area contributed by atoms with Crippen LogP contribution >= 0.6 is 0 Å². The maximum Gasteiger partial charge on any atom is 0.409 e. The van der Waals surface area contributed by atoms with Crippen LogP contribution in [0.4, 0.5) is 4.79 Å². The van der Waals surface area contributed by atoms with Gasteiger partial charge in [-0.15, -0.1) is 0 Å². The molecule has 10 nitrogen and oxygen atoms in total. The summed E-state index contributed by atoms with van der Waals surface area (Å²) in [6.07, 6.45) is 5.16. The van der Waals surface area contributed by atoms with E-state index >= 15 is 0 Å². The number of amides is 2. The van der Waals surface area contributed by atoms with Crippen LogP contribution in [0.2, 0.25) is 0 Å². The number of aromatic nitrogens is 3. The van der Waals surface area contributed by atoms with Crippen molar-refractivity contribution in [2.24, 2.45) is 0 Å². The van der Waals surface area contributed by atoms with E-state index in [2.05, 4.69) is 5.10 Å². The van der Waals surface area contributed by atoms with Gasteiger partial charge in [0.25, 0.3) is 11.5 Å². The van der Waals surface area contributed by atoms with E-state index in [9.17, 15) is 14.4 Å². The Balaban J connectivity index is 1.48. The standard InChI is InChI=1S/C25H29N5O5/c1-2-34-25(33)29-12-10-28(11-13-29)23(31)20-16-27(15-19-9-6-14-35-19)17-21-22(20)26-30(24(21)32)18-7-4-3-5-8-18/h3-5,7-8,16-17,19H,2,6,9-15H2,1H3/t19-/m0/s1. The van der Waals surface area contributed by atoms with E-state index in [1.165, 1.54) is 4.68 Å². The van der Waals surface area contributed by atoms with Gasteiger partial charge < -0.3 is 23.8 Å². The van der Waals surface area contributed by atoms with Crippen LogP contribution in [0.25, 0.3) is 16.9 Å². The highest BCUT2D eigenvalue weighted by atomic mass is 16.6. The summed E-state index contributed by atoms with van der Waals surface area (Å²) in [5, 5.41) is 4.57. The maximum atomic E-state index is 13.7. The van der Waals surface area contributed by atoms with Gasteiger partial charge in [0.05, 0.1) is 29.5 Å². The summed E-state index contributed by atoms with van der Waals surface area (Å²) in [5.74, 6) is -0.210. The van der Waals surface area contributed by atoms with Crippen LogP contribution in [0.1, 0.15) is 30.1 Å². The normalized spacial score (nSPS) is 18.3. The molecule has 10 heteroatoms. The highest BCUT2D eigenvalue weighted by molar-refractivity contribution is 6.00. The van der Waals surface area contributed by atoms with Gasteiger partial charge in [-0.3, -0.25) is 9.59 Å². The van der Waals surface area contributed by atoms with Crippen molar-refractivity contribution in [1.82, 2.24) is 24.1 Å². The molecular formula is C25H29N5O5. The molecule has 35 heavy (non-hydrogen) atoms. The minimum atomic E-state index is -0.367. The zero-order valence-electron chi connectivity index (χ0n) is 19.8. The fourth-order valence-electron chi connectivity index (χ4n) is 4.67. The number of pyridine rings is 1. The molecule has 0 N–H and O–H groups in total. The number of fused-ring (bicyclic) bond motifs is 1. The number of hydrogen-bond acceptors (Lipinski definition) is 6. The number of hydrogen-bond donors (Lipinski definition) is 0. The summed E-state index contributed by atoms with van der Waals surface area (Å²) < 4.78 is 14.1. The minimum absolute atomic E-state index is 0.0489. The van der Waals surface area contributed by atoms with Crippen LogP contribution in [0, 0.1) is 0 Å². The van der Waals surface area contributed by atoms with E-state index in [1.807, 2.05) is 34.9 Å². The molecule has 2 fully saturated rings. The second-order valence-electron chi connectivity index (χ2n) is 8.80. The summed E-state index contributed by atoms with van der Waals surface area (Å²) in [6.45, 7) is 4.90. The number of rotatable bonds is 5. The lowest BCUT2D eigenvalue weighted by atomic mass is 10.1. The van der Waals surface area contributed by atoms with Gasteiger partial charge in [-0.1, -0.05) is 18.2 Å². The Morgan fingerprint density at radius 3 is 2.51 bits per heavy atom. The molecule has 1 aromatic carbocycles. The number of carbonyl (C=O) groups is 2. The van der Waals surface area contributed by atoms with Crippen LogP contribution in [0.5, 0.6) is 0 Å². The molecule has 1 atom stereocenters. The zero-order valence-corrected chi connectivity index (χ0v) is 19.8. The molecule has 184 valence electrons. The Hall–Kier alpha value is -3.66.